The molecule has 0 fully saturated rings. The Balaban J connectivity index is 2.38. The number of nitriles is 1. The summed E-state index contributed by atoms with van der Waals surface area (Å²) in [6.45, 7) is 5.08. The summed E-state index contributed by atoms with van der Waals surface area (Å²) < 4.78 is 1.91. The van der Waals surface area contributed by atoms with Crippen molar-refractivity contribution < 1.29 is 0 Å². The smallest absolute Gasteiger partial charge is 0.0995 e. The fourth-order valence-electron chi connectivity index (χ4n) is 2.11. The van der Waals surface area contributed by atoms with Gasteiger partial charge in [0, 0.05) is 17.8 Å². The molecule has 18 heavy (non-hydrogen) atoms. The average Bonchev–Trinajstić information content (AvgIpc) is 2.65. The maximum absolute atomic E-state index is 9.07. The van der Waals surface area contributed by atoms with Crippen LogP contribution in [0.1, 0.15) is 28.1 Å². The van der Waals surface area contributed by atoms with E-state index < -0.39 is 0 Å². The summed E-state index contributed by atoms with van der Waals surface area (Å²) in [5, 5.41) is 13.6. The van der Waals surface area contributed by atoms with E-state index in [-0.39, 0.29) is 0 Å². The molecule has 0 amide bonds. The van der Waals surface area contributed by atoms with E-state index in [0.29, 0.717) is 18.7 Å². The van der Waals surface area contributed by atoms with E-state index >= 15 is 0 Å². The van der Waals surface area contributed by atoms with Gasteiger partial charge in [0.2, 0.25) is 0 Å². The number of hydrogen-bond donors (Lipinski definition) is 1. The molecule has 1 aromatic heterocycles. The molecule has 0 radical (unpaired) electrons. The van der Waals surface area contributed by atoms with E-state index in [1.807, 2.05) is 42.8 Å². The summed E-state index contributed by atoms with van der Waals surface area (Å²) in [6.07, 6.45) is 0. The number of hydrogen-bond acceptors (Lipinski definition) is 3. The van der Waals surface area contributed by atoms with Crippen LogP contribution >= 0.6 is 0 Å². The molecule has 1 aromatic carbocycles. The molecule has 0 spiro atoms. The van der Waals surface area contributed by atoms with Crippen LogP contribution in [-0.4, -0.2) is 9.78 Å². The van der Waals surface area contributed by atoms with E-state index in [0.717, 1.165) is 22.5 Å². The Bertz CT molecular complexity index is 605. The lowest BCUT2D eigenvalue weighted by Crippen LogP contribution is -2.06. The molecule has 2 N–H and O–H groups in total. The molecule has 2 rings (SSSR count). The molecule has 4 heteroatoms. The van der Waals surface area contributed by atoms with Gasteiger partial charge in [0.25, 0.3) is 0 Å². The predicted molar refractivity (Wildman–Crippen MR) is 69.9 cm³/mol. The number of nitrogens with two attached hydrogens (primary N) is 1. The quantitative estimate of drug-likeness (QED) is 0.890. The van der Waals surface area contributed by atoms with E-state index in [9.17, 15) is 0 Å². The van der Waals surface area contributed by atoms with Crippen molar-refractivity contribution in [3.8, 4) is 6.07 Å². The van der Waals surface area contributed by atoms with Crippen molar-refractivity contribution in [2.24, 2.45) is 5.73 Å². The van der Waals surface area contributed by atoms with Crippen molar-refractivity contribution >= 4 is 0 Å². The van der Waals surface area contributed by atoms with Crippen molar-refractivity contribution in [2.45, 2.75) is 26.9 Å². The zero-order valence-electron chi connectivity index (χ0n) is 10.6. The summed E-state index contributed by atoms with van der Waals surface area (Å²) in [7, 11) is 0. The molecule has 0 saturated carbocycles. The lowest BCUT2D eigenvalue weighted by atomic mass is 10.1. The lowest BCUT2D eigenvalue weighted by molar-refractivity contribution is 0.657. The van der Waals surface area contributed by atoms with Gasteiger partial charge in [-0.25, -0.2) is 0 Å². The standard InChI is InChI=1S/C14H16N4/c1-10-14(8-16)11(2)18(17-10)9-13-6-4-3-5-12(13)7-15/h3-6H,8-9,16H2,1-2H3. The summed E-state index contributed by atoms with van der Waals surface area (Å²) in [5.74, 6) is 0. The first-order valence-corrected chi connectivity index (χ1v) is 5.88. The van der Waals surface area contributed by atoms with Crippen LogP contribution in [-0.2, 0) is 13.1 Å². The Kier molecular flexibility index (Phi) is 3.45. The topological polar surface area (TPSA) is 67.6 Å². The van der Waals surface area contributed by atoms with Crippen LogP contribution in [0.4, 0.5) is 0 Å². The molecule has 0 bridgehead atoms. The predicted octanol–water partition coefficient (Wildman–Crippen LogP) is 1.88. The first kappa shape index (κ1) is 12.3. The van der Waals surface area contributed by atoms with Gasteiger partial charge in [0.15, 0.2) is 0 Å². The third-order valence-electron chi connectivity index (χ3n) is 3.19. The van der Waals surface area contributed by atoms with Gasteiger partial charge in [0.1, 0.15) is 0 Å². The highest BCUT2D eigenvalue weighted by Gasteiger charge is 2.11. The first-order valence-electron chi connectivity index (χ1n) is 5.88. The SMILES string of the molecule is Cc1nn(Cc2ccccc2C#N)c(C)c1CN. The summed E-state index contributed by atoms with van der Waals surface area (Å²) in [6, 6.07) is 9.79. The van der Waals surface area contributed by atoms with Crippen molar-refractivity contribution in [3.63, 3.8) is 0 Å². The van der Waals surface area contributed by atoms with Crippen LogP contribution in [0.2, 0.25) is 0 Å². The van der Waals surface area contributed by atoms with Gasteiger partial charge >= 0.3 is 0 Å². The number of rotatable bonds is 3. The van der Waals surface area contributed by atoms with Crippen molar-refractivity contribution in [1.29, 1.82) is 5.26 Å². The number of aromatic nitrogens is 2. The fraction of sp³-hybridized carbons (Fsp3) is 0.286. The maximum atomic E-state index is 9.07. The Labute approximate surface area is 107 Å². The van der Waals surface area contributed by atoms with Crippen LogP contribution in [0.5, 0.6) is 0 Å². The van der Waals surface area contributed by atoms with E-state index in [1.54, 1.807) is 0 Å². The van der Waals surface area contributed by atoms with Gasteiger partial charge in [0.05, 0.1) is 23.9 Å². The maximum Gasteiger partial charge on any atom is 0.0995 e. The van der Waals surface area contributed by atoms with Crippen LogP contribution in [0.3, 0.4) is 0 Å². The van der Waals surface area contributed by atoms with E-state index in [2.05, 4.69) is 11.2 Å². The number of benzene rings is 1. The molecule has 0 saturated heterocycles. The molecular weight excluding hydrogens is 224 g/mol. The molecule has 0 aliphatic carbocycles. The van der Waals surface area contributed by atoms with Crippen LogP contribution in [0.15, 0.2) is 24.3 Å². The van der Waals surface area contributed by atoms with Crippen LogP contribution in [0, 0.1) is 25.2 Å². The van der Waals surface area contributed by atoms with Crippen LogP contribution < -0.4 is 5.73 Å². The molecule has 0 aliphatic rings. The third-order valence-corrected chi connectivity index (χ3v) is 3.19. The van der Waals surface area contributed by atoms with Crippen molar-refractivity contribution in [3.05, 3.63) is 52.3 Å². The Morgan fingerprint density at radius 2 is 2.06 bits per heavy atom. The molecule has 0 atom stereocenters. The molecule has 2 aromatic rings. The minimum absolute atomic E-state index is 0.498. The first-order chi connectivity index (χ1) is 8.67. The highest BCUT2D eigenvalue weighted by Crippen LogP contribution is 2.15. The van der Waals surface area contributed by atoms with Gasteiger partial charge in [-0.05, 0) is 25.5 Å². The third kappa shape index (κ3) is 2.13. The second-order valence-corrected chi connectivity index (χ2v) is 4.28. The summed E-state index contributed by atoms with van der Waals surface area (Å²) >= 11 is 0. The average molecular weight is 240 g/mol. The van der Waals surface area contributed by atoms with E-state index in [1.165, 1.54) is 0 Å². The largest absolute Gasteiger partial charge is 0.326 e. The zero-order valence-corrected chi connectivity index (χ0v) is 10.6. The second kappa shape index (κ2) is 5.03. The molecule has 92 valence electrons. The minimum atomic E-state index is 0.498. The van der Waals surface area contributed by atoms with E-state index in [4.69, 9.17) is 11.0 Å². The summed E-state index contributed by atoms with van der Waals surface area (Å²) in [5.41, 5.74) is 10.5. The van der Waals surface area contributed by atoms with Gasteiger partial charge in [-0.3, -0.25) is 4.68 Å². The zero-order chi connectivity index (χ0) is 13.1. The Hall–Kier alpha value is -2.12. The van der Waals surface area contributed by atoms with Gasteiger partial charge in [-0.1, -0.05) is 18.2 Å². The fourth-order valence-corrected chi connectivity index (χ4v) is 2.11. The Morgan fingerprint density at radius 1 is 1.33 bits per heavy atom. The molecule has 1 heterocycles. The summed E-state index contributed by atoms with van der Waals surface area (Å²) in [4.78, 5) is 0. The van der Waals surface area contributed by atoms with Gasteiger partial charge in [-0.2, -0.15) is 10.4 Å². The molecule has 4 nitrogen and oxygen atoms in total. The monoisotopic (exact) mass is 240 g/mol. The second-order valence-electron chi connectivity index (χ2n) is 4.28. The molecule has 0 unspecified atom stereocenters. The van der Waals surface area contributed by atoms with Gasteiger partial charge in [-0.15, -0.1) is 0 Å². The minimum Gasteiger partial charge on any atom is -0.326 e. The van der Waals surface area contributed by atoms with Gasteiger partial charge < -0.3 is 5.73 Å². The van der Waals surface area contributed by atoms with Crippen molar-refractivity contribution in [1.82, 2.24) is 9.78 Å². The van der Waals surface area contributed by atoms with Crippen LogP contribution in [0.25, 0.3) is 0 Å². The van der Waals surface area contributed by atoms with Crippen molar-refractivity contribution in [2.75, 3.05) is 0 Å². The number of nitrogens with zero attached hydrogens (tertiary/aromatic N) is 3. The normalized spacial score (nSPS) is 10.3. The number of aryl methyl sites for hydroxylation is 1. The Morgan fingerprint density at radius 3 is 2.67 bits per heavy atom. The highest BCUT2D eigenvalue weighted by molar-refractivity contribution is 5.38. The lowest BCUT2D eigenvalue weighted by Gasteiger charge is -2.06. The highest BCUT2D eigenvalue weighted by atomic mass is 15.3. The molecule has 0 aliphatic heterocycles. The molecular formula is C14H16N4.